The van der Waals surface area contributed by atoms with E-state index in [4.69, 9.17) is 26.1 Å². The highest BCUT2D eigenvalue weighted by Gasteiger charge is 2.13. The van der Waals surface area contributed by atoms with Crippen molar-refractivity contribution >= 4 is 22.9 Å². The van der Waals surface area contributed by atoms with E-state index < -0.39 is 0 Å². The molecule has 0 bridgehead atoms. The lowest BCUT2D eigenvalue weighted by molar-refractivity contribution is -0.908. The first-order chi connectivity index (χ1) is 12.6. The Labute approximate surface area is 163 Å². The standard InChI is InChI=1S/C20H21ClN2O2S/c1-23(11-15-6-4-5-7-17(15)21)12-16-13-26-20(22-16)14-8-9-18(24-2)19(10-14)25-3/h4-10,13H,11-12H2,1-3H3/p+1. The van der Waals surface area contributed by atoms with Gasteiger partial charge in [0.25, 0.3) is 0 Å². The number of aromatic nitrogens is 1. The average molecular weight is 390 g/mol. The van der Waals surface area contributed by atoms with Crippen LogP contribution in [0.4, 0.5) is 0 Å². The predicted octanol–water partition coefficient (Wildman–Crippen LogP) is 3.70. The molecule has 3 aromatic rings. The number of hydrogen-bond acceptors (Lipinski definition) is 4. The van der Waals surface area contributed by atoms with Gasteiger partial charge in [0.15, 0.2) is 11.5 Å². The fourth-order valence-corrected chi connectivity index (χ4v) is 3.85. The van der Waals surface area contributed by atoms with E-state index in [0.717, 1.165) is 45.7 Å². The number of nitrogens with one attached hydrogen (secondary N) is 1. The number of quaternary nitrogens is 1. The number of thiazole rings is 1. The van der Waals surface area contributed by atoms with Crippen molar-refractivity contribution in [3.63, 3.8) is 0 Å². The van der Waals surface area contributed by atoms with Crippen LogP contribution in [0.5, 0.6) is 11.5 Å². The third-order valence-corrected chi connectivity index (χ3v) is 5.42. The Morgan fingerprint density at radius 1 is 1.04 bits per heavy atom. The Kier molecular flexibility index (Phi) is 6.14. The Morgan fingerprint density at radius 3 is 2.54 bits per heavy atom. The summed E-state index contributed by atoms with van der Waals surface area (Å²) < 4.78 is 10.7. The zero-order valence-electron chi connectivity index (χ0n) is 15.1. The lowest BCUT2D eigenvalue weighted by atomic mass is 10.2. The van der Waals surface area contributed by atoms with Gasteiger partial charge in [-0.15, -0.1) is 11.3 Å². The van der Waals surface area contributed by atoms with Crippen LogP contribution in [0.15, 0.2) is 47.8 Å². The van der Waals surface area contributed by atoms with E-state index in [1.165, 1.54) is 4.90 Å². The number of rotatable bonds is 7. The van der Waals surface area contributed by atoms with Gasteiger partial charge in [0, 0.05) is 21.5 Å². The summed E-state index contributed by atoms with van der Waals surface area (Å²) in [6, 6.07) is 13.9. The second kappa shape index (κ2) is 8.54. The summed E-state index contributed by atoms with van der Waals surface area (Å²) in [6.45, 7) is 1.71. The predicted molar refractivity (Wildman–Crippen MR) is 106 cm³/mol. The van der Waals surface area contributed by atoms with Crippen LogP contribution < -0.4 is 14.4 Å². The molecular weight excluding hydrogens is 368 g/mol. The van der Waals surface area contributed by atoms with Gasteiger partial charge >= 0.3 is 0 Å². The van der Waals surface area contributed by atoms with Crippen LogP contribution >= 0.6 is 22.9 Å². The molecule has 0 amide bonds. The van der Waals surface area contributed by atoms with Gasteiger partial charge in [0.1, 0.15) is 23.8 Å². The van der Waals surface area contributed by atoms with Gasteiger partial charge in [-0.1, -0.05) is 29.8 Å². The Balaban J connectivity index is 1.71. The maximum absolute atomic E-state index is 6.26. The topological polar surface area (TPSA) is 35.8 Å². The molecular formula is C20H22ClN2O2S+. The molecule has 0 spiro atoms. The molecule has 0 aliphatic heterocycles. The van der Waals surface area contributed by atoms with Crippen molar-refractivity contribution < 1.29 is 14.4 Å². The molecule has 1 N–H and O–H groups in total. The summed E-state index contributed by atoms with van der Waals surface area (Å²) in [5.41, 5.74) is 3.26. The first-order valence-electron chi connectivity index (χ1n) is 8.32. The highest BCUT2D eigenvalue weighted by atomic mass is 35.5. The highest BCUT2D eigenvalue weighted by molar-refractivity contribution is 7.13. The maximum Gasteiger partial charge on any atom is 0.161 e. The smallest absolute Gasteiger partial charge is 0.161 e. The van der Waals surface area contributed by atoms with Gasteiger partial charge in [-0.05, 0) is 24.3 Å². The van der Waals surface area contributed by atoms with E-state index in [0.29, 0.717) is 5.75 Å². The van der Waals surface area contributed by atoms with Crippen molar-refractivity contribution in [2.45, 2.75) is 13.1 Å². The second-order valence-corrected chi connectivity index (χ2v) is 7.38. The van der Waals surface area contributed by atoms with Crippen molar-refractivity contribution in [2.75, 3.05) is 21.3 Å². The van der Waals surface area contributed by atoms with Crippen molar-refractivity contribution in [2.24, 2.45) is 0 Å². The quantitative estimate of drug-likeness (QED) is 0.669. The molecule has 0 fully saturated rings. The molecule has 26 heavy (non-hydrogen) atoms. The molecule has 1 aromatic heterocycles. The number of benzene rings is 2. The lowest BCUT2D eigenvalue weighted by Crippen LogP contribution is -3.06. The van der Waals surface area contributed by atoms with Crippen LogP contribution in [-0.2, 0) is 13.1 Å². The summed E-state index contributed by atoms with van der Waals surface area (Å²) in [4.78, 5) is 6.12. The Hall–Kier alpha value is -2.08. The minimum atomic E-state index is 0.711. The van der Waals surface area contributed by atoms with Crippen LogP contribution in [0.2, 0.25) is 5.02 Å². The molecule has 0 saturated heterocycles. The highest BCUT2D eigenvalue weighted by Crippen LogP contribution is 2.33. The third kappa shape index (κ3) is 4.36. The second-order valence-electron chi connectivity index (χ2n) is 6.12. The zero-order valence-corrected chi connectivity index (χ0v) is 16.7. The van der Waals surface area contributed by atoms with E-state index in [1.54, 1.807) is 25.6 Å². The first-order valence-corrected chi connectivity index (χ1v) is 9.58. The Bertz CT molecular complexity index is 882. The van der Waals surface area contributed by atoms with Crippen molar-refractivity contribution in [1.29, 1.82) is 0 Å². The first kappa shape index (κ1) is 18.7. The summed E-state index contributed by atoms with van der Waals surface area (Å²) in [7, 11) is 5.43. The average Bonchev–Trinajstić information content (AvgIpc) is 3.11. The summed E-state index contributed by atoms with van der Waals surface area (Å²) >= 11 is 7.90. The number of hydrogen-bond donors (Lipinski definition) is 1. The lowest BCUT2D eigenvalue weighted by Gasteiger charge is -2.13. The molecule has 136 valence electrons. The molecule has 0 aliphatic rings. The van der Waals surface area contributed by atoms with Crippen molar-refractivity contribution in [1.82, 2.24) is 4.98 Å². The van der Waals surface area contributed by atoms with Crippen LogP contribution in [0.3, 0.4) is 0 Å². The molecule has 1 unspecified atom stereocenters. The van der Waals surface area contributed by atoms with Crippen LogP contribution in [0, 0.1) is 0 Å². The van der Waals surface area contributed by atoms with Gasteiger partial charge in [-0.2, -0.15) is 0 Å². The van der Waals surface area contributed by atoms with Crippen LogP contribution in [-0.4, -0.2) is 26.3 Å². The molecule has 2 aromatic carbocycles. The van der Waals surface area contributed by atoms with Crippen molar-refractivity contribution in [3.05, 3.63) is 64.1 Å². The summed E-state index contributed by atoms with van der Waals surface area (Å²) in [5, 5.41) is 3.91. The minimum absolute atomic E-state index is 0.711. The molecule has 0 saturated carbocycles. The molecule has 3 rings (SSSR count). The summed E-state index contributed by atoms with van der Waals surface area (Å²) in [5.74, 6) is 1.43. The molecule has 0 radical (unpaired) electrons. The number of methoxy groups -OCH3 is 2. The maximum atomic E-state index is 6.26. The van der Waals surface area contributed by atoms with Gasteiger partial charge in [0.2, 0.25) is 0 Å². The number of halogens is 1. The molecule has 1 atom stereocenters. The van der Waals surface area contributed by atoms with Gasteiger partial charge in [-0.25, -0.2) is 4.98 Å². The van der Waals surface area contributed by atoms with Gasteiger partial charge in [0.05, 0.1) is 21.3 Å². The SMILES string of the molecule is COc1ccc(-c2nc(C[NH+](C)Cc3ccccc3Cl)cs2)cc1OC. The molecule has 4 nitrogen and oxygen atoms in total. The number of nitrogens with zero attached hydrogens (tertiary/aromatic N) is 1. The van der Waals surface area contributed by atoms with E-state index in [-0.39, 0.29) is 0 Å². The van der Waals surface area contributed by atoms with Crippen LogP contribution in [0.1, 0.15) is 11.3 Å². The fourth-order valence-electron chi connectivity index (χ4n) is 2.83. The minimum Gasteiger partial charge on any atom is -0.493 e. The largest absolute Gasteiger partial charge is 0.493 e. The monoisotopic (exact) mass is 389 g/mol. The molecule has 1 heterocycles. The van der Waals surface area contributed by atoms with Crippen LogP contribution in [0.25, 0.3) is 10.6 Å². The fraction of sp³-hybridized carbons (Fsp3) is 0.250. The third-order valence-electron chi connectivity index (χ3n) is 4.12. The number of ether oxygens (including phenoxy) is 2. The Morgan fingerprint density at radius 2 is 1.81 bits per heavy atom. The van der Waals surface area contributed by atoms with E-state index >= 15 is 0 Å². The van der Waals surface area contributed by atoms with Gasteiger partial charge in [-0.3, -0.25) is 0 Å². The van der Waals surface area contributed by atoms with E-state index in [1.807, 2.05) is 36.4 Å². The normalized spacial score (nSPS) is 12.0. The van der Waals surface area contributed by atoms with E-state index in [2.05, 4.69) is 18.5 Å². The molecule has 6 heteroatoms. The van der Waals surface area contributed by atoms with E-state index in [9.17, 15) is 0 Å². The molecule has 0 aliphatic carbocycles. The van der Waals surface area contributed by atoms with Crippen molar-refractivity contribution in [3.8, 4) is 22.1 Å². The zero-order chi connectivity index (χ0) is 18.5. The van der Waals surface area contributed by atoms with Gasteiger partial charge < -0.3 is 14.4 Å². The summed E-state index contributed by atoms with van der Waals surface area (Å²) in [6.07, 6.45) is 0.